The lowest BCUT2D eigenvalue weighted by atomic mass is 10.2. The molecular weight excluding hydrogens is 239 g/mol. The molecule has 0 fully saturated rings. The lowest BCUT2D eigenvalue weighted by molar-refractivity contribution is 0.111. The Morgan fingerprint density at radius 3 is 2.85 bits per heavy atom. The highest BCUT2D eigenvalue weighted by Crippen LogP contribution is 2.29. The van der Waals surface area contributed by atoms with E-state index in [2.05, 4.69) is 15.9 Å². The van der Waals surface area contributed by atoms with E-state index >= 15 is 0 Å². The molecule has 0 bridgehead atoms. The highest BCUT2D eigenvalue weighted by atomic mass is 79.9. The number of hydrogen-bond donors (Lipinski definition) is 0. The first-order chi connectivity index (χ1) is 6.20. The van der Waals surface area contributed by atoms with Gasteiger partial charge in [-0.3, -0.25) is 4.79 Å². The first-order valence-corrected chi connectivity index (χ1v) is 4.56. The maximum Gasteiger partial charge on any atom is 0.154 e. The van der Waals surface area contributed by atoms with E-state index in [1.54, 1.807) is 0 Å². The van der Waals surface area contributed by atoms with Gasteiger partial charge in [-0.25, -0.2) is 4.39 Å². The van der Waals surface area contributed by atoms with E-state index in [1.807, 2.05) is 6.92 Å². The summed E-state index contributed by atoms with van der Waals surface area (Å²) in [5.41, 5.74) is -0.00838. The minimum absolute atomic E-state index is 0.00838. The molecule has 0 unspecified atom stereocenters. The summed E-state index contributed by atoms with van der Waals surface area (Å²) in [5, 5.41) is 0. The first-order valence-electron chi connectivity index (χ1n) is 3.76. The molecule has 1 rings (SSSR count). The average molecular weight is 247 g/mol. The van der Waals surface area contributed by atoms with Crippen LogP contribution in [0.2, 0.25) is 0 Å². The van der Waals surface area contributed by atoms with Crippen LogP contribution in [0, 0.1) is 5.82 Å². The van der Waals surface area contributed by atoms with Crippen molar-refractivity contribution in [3.8, 4) is 5.75 Å². The zero-order valence-electron chi connectivity index (χ0n) is 7.01. The van der Waals surface area contributed by atoms with E-state index in [0.29, 0.717) is 23.1 Å². The Hall–Kier alpha value is -0.900. The predicted molar refractivity (Wildman–Crippen MR) is 50.7 cm³/mol. The fraction of sp³-hybridized carbons (Fsp3) is 0.222. The Bertz CT molecular complexity index is 326. The topological polar surface area (TPSA) is 26.3 Å². The van der Waals surface area contributed by atoms with E-state index in [0.717, 1.165) is 0 Å². The Morgan fingerprint density at radius 2 is 2.31 bits per heavy atom. The summed E-state index contributed by atoms with van der Waals surface area (Å²) in [6.07, 6.45) is 0.460. The third-order valence-electron chi connectivity index (χ3n) is 1.51. The summed E-state index contributed by atoms with van der Waals surface area (Å²) in [6, 6.07) is 2.69. The average Bonchev–Trinajstić information content (AvgIpc) is 2.11. The molecule has 1 aromatic rings. The number of ether oxygens (including phenoxy) is 1. The van der Waals surface area contributed by atoms with Crippen LogP contribution in [0.25, 0.3) is 0 Å². The summed E-state index contributed by atoms with van der Waals surface area (Å²) in [5.74, 6) is -0.0728. The summed E-state index contributed by atoms with van der Waals surface area (Å²) >= 11 is 3.10. The summed E-state index contributed by atoms with van der Waals surface area (Å²) in [7, 11) is 0. The van der Waals surface area contributed by atoms with Gasteiger partial charge in [0.25, 0.3) is 0 Å². The second-order valence-corrected chi connectivity index (χ2v) is 3.12. The molecule has 0 atom stereocenters. The Balaban J connectivity index is 3.19. The van der Waals surface area contributed by atoms with Gasteiger partial charge < -0.3 is 4.74 Å². The lowest BCUT2D eigenvalue weighted by Crippen LogP contribution is -1.96. The standard InChI is InChI=1S/C9H8BrFO2/c1-2-13-8-4-3-7(11)6(5-12)9(8)10/h3-5H,2H2,1H3. The van der Waals surface area contributed by atoms with Crippen LogP contribution >= 0.6 is 15.9 Å². The number of benzene rings is 1. The second kappa shape index (κ2) is 4.37. The molecule has 13 heavy (non-hydrogen) atoms. The molecule has 0 heterocycles. The molecule has 0 spiro atoms. The predicted octanol–water partition coefficient (Wildman–Crippen LogP) is 2.80. The van der Waals surface area contributed by atoms with Gasteiger partial charge in [-0.05, 0) is 35.0 Å². The Kier molecular flexibility index (Phi) is 3.42. The van der Waals surface area contributed by atoms with Crippen molar-refractivity contribution in [2.45, 2.75) is 6.92 Å². The van der Waals surface area contributed by atoms with E-state index in [4.69, 9.17) is 4.74 Å². The van der Waals surface area contributed by atoms with Gasteiger partial charge in [-0.2, -0.15) is 0 Å². The summed E-state index contributed by atoms with van der Waals surface area (Å²) in [4.78, 5) is 10.5. The van der Waals surface area contributed by atoms with Crippen LogP contribution in [0.3, 0.4) is 0 Å². The zero-order chi connectivity index (χ0) is 9.84. The van der Waals surface area contributed by atoms with E-state index < -0.39 is 5.82 Å². The number of carbonyl (C=O) groups is 1. The second-order valence-electron chi connectivity index (χ2n) is 2.32. The fourth-order valence-corrected chi connectivity index (χ4v) is 1.45. The van der Waals surface area contributed by atoms with Crippen molar-refractivity contribution < 1.29 is 13.9 Å². The minimum Gasteiger partial charge on any atom is -0.493 e. The normalized spacial score (nSPS) is 9.77. The smallest absolute Gasteiger partial charge is 0.154 e. The number of carbonyl (C=O) groups excluding carboxylic acids is 1. The van der Waals surface area contributed by atoms with Crippen LogP contribution in [0.4, 0.5) is 4.39 Å². The molecule has 70 valence electrons. The molecule has 0 radical (unpaired) electrons. The number of halogens is 2. The van der Waals surface area contributed by atoms with Gasteiger partial charge in [0.05, 0.1) is 16.6 Å². The molecule has 0 saturated heterocycles. The van der Waals surface area contributed by atoms with E-state index in [1.165, 1.54) is 12.1 Å². The van der Waals surface area contributed by atoms with Gasteiger partial charge in [0, 0.05) is 0 Å². The highest BCUT2D eigenvalue weighted by molar-refractivity contribution is 9.10. The van der Waals surface area contributed by atoms with Crippen LogP contribution in [0.1, 0.15) is 17.3 Å². The van der Waals surface area contributed by atoms with Crippen LogP contribution in [-0.2, 0) is 0 Å². The number of hydrogen-bond acceptors (Lipinski definition) is 2. The van der Waals surface area contributed by atoms with Crippen molar-refractivity contribution in [1.82, 2.24) is 0 Å². The molecule has 4 heteroatoms. The third kappa shape index (κ3) is 2.06. The monoisotopic (exact) mass is 246 g/mol. The van der Waals surface area contributed by atoms with Crippen molar-refractivity contribution in [3.05, 3.63) is 28.0 Å². The molecule has 0 aliphatic carbocycles. The highest BCUT2D eigenvalue weighted by Gasteiger charge is 2.10. The van der Waals surface area contributed by atoms with E-state index in [-0.39, 0.29) is 5.56 Å². The quantitative estimate of drug-likeness (QED) is 0.767. The van der Waals surface area contributed by atoms with E-state index in [9.17, 15) is 9.18 Å². The van der Waals surface area contributed by atoms with Gasteiger partial charge in [-0.1, -0.05) is 0 Å². The molecule has 0 N–H and O–H groups in total. The molecule has 0 aliphatic heterocycles. The Morgan fingerprint density at radius 1 is 1.62 bits per heavy atom. The van der Waals surface area contributed by atoms with Crippen molar-refractivity contribution in [2.75, 3.05) is 6.61 Å². The molecule has 0 amide bonds. The van der Waals surface area contributed by atoms with Crippen molar-refractivity contribution in [1.29, 1.82) is 0 Å². The Labute approximate surface area is 83.8 Å². The largest absolute Gasteiger partial charge is 0.493 e. The molecule has 0 aliphatic rings. The maximum absolute atomic E-state index is 13.0. The number of aldehydes is 1. The van der Waals surface area contributed by atoms with Gasteiger partial charge >= 0.3 is 0 Å². The van der Waals surface area contributed by atoms with Crippen molar-refractivity contribution >= 4 is 22.2 Å². The molecule has 0 saturated carbocycles. The van der Waals surface area contributed by atoms with Crippen LogP contribution in [0.5, 0.6) is 5.75 Å². The fourth-order valence-electron chi connectivity index (χ4n) is 0.924. The van der Waals surface area contributed by atoms with Crippen molar-refractivity contribution in [3.63, 3.8) is 0 Å². The summed E-state index contributed by atoms with van der Waals surface area (Å²) < 4.78 is 18.5. The SMILES string of the molecule is CCOc1ccc(F)c(C=O)c1Br. The van der Waals surface area contributed by atoms with Crippen LogP contribution < -0.4 is 4.74 Å². The molecular formula is C9H8BrFO2. The van der Waals surface area contributed by atoms with Crippen LogP contribution in [-0.4, -0.2) is 12.9 Å². The van der Waals surface area contributed by atoms with Gasteiger partial charge in [0.2, 0.25) is 0 Å². The summed E-state index contributed by atoms with van der Waals surface area (Å²) in [6.45, 7) is 2.29. The van der Waals surface area contributed by atoms with Gasteiger partial charge in [-0.15, -0.1) is 0 Å². The minimum atomic E-state index is -0.551. The first kappa shape index (κ1) is 10.2. The maximum atomic E-state index is 13.0. The van der Waals surface area contributed by atoms with Crippen LogP contribution in [0.15, 0.2) is 16.6 Å². The third-order valence-corrected chi connectivity index (χ3v) is 2.33. The van der Waals surface area contributed by atoms with Gasteiger partial charge in [0.1, 0.15) is 11.6 Å². The molecule has 2 nitrogen and oxygen atoms in total. The zero-order valence-corrected chi connectivity index (χ0v) is 8.60. The lowest BCUT2D eigenvalue weighted by Gasteiger charge is -2.07. The number of rotatable bonds is 3. The van der Waals surface area contributed by atoms with Crippen molar-refractivity contribution in [2.24, 2.45) is 0 Å². The molecule has 0 aromatic heterocycles. The van der Waals surface area contributed by atoms with Gasteiger partial charge in [0.15, 0.2) is 6.29 Å². The molecule has 1 aromatic carbocycles.